The molecule has 2 aromatic rings. The average Bonchev–Trinajstić information content (AvgIpc) is 3.25. The highest BCUT2D eigenvalue weighted by Crippen LogP contribution is 2.40. The number of ether oxygens (including phenoxy) is 1. The highest BCUT2D eigenvalue weighted by molar-refractivity contribution is 7.16. The van der Waals surface area contributed by atoms with Crippen LogP contribution in [0.5, 0.6) is 0 Å². The molecule has 8 nitrogen and oxygen atoms in total. The molecule has 4 rings (SSSR count). The number of hydrogen-bond acceptors (Lipinski definition) is 7. The Labute approximate surface area is 176 Å². The van der Waals surface area contributed by atoms with Crippen molar-refractivity contribution in [2.75, 3.05) is 18.4 Å². The third kappa shape index (κ3) is 4.13. The average molecular weight is 435 g/mol. The predicted octanol–water partition coefficient (Wildman–Crippen LogP) is 2.64. The van der Waals surface area contributed by atoms with Crippen LogP contribution in [-0.4, -0.2) is 52.5 Å². The molecule has 29 heavy (non-hydrogen) atoms. The zero-order valence-corrected chi connectivity index (χ0v) is 18.0. The molecule has 3 heterocycles. The molecule has 3 amide bonds. The van der Waals surface area contributed by atoms with Gasteiger partial charge in [0.15, 0.2) is 5.13 Å². The number of aryl methyl sites for hydroxylation is 2. The Balaban J connectivity index is 1.51. The molecule has 0 saturated carbocycles. The number of carbonyl (C=O) groups is 3. The van der Waals surface area contributed by atoms with E-state index in [2.05, 4.69) is 27.1 Å². The Morgan fingerprint density at radius 2 is 2.07 bits per heavy atom. The van der Waals surface area contributed by atoms with E-state index in [1.54, 1.807) is 32.1 Å². The van der Waals surface area contributed by atoms with Crippen molar-refractivity contribution in [3.05, 3.63) is 21.2 Å². The van der Waals surface area contributed by atoms with Crippen LogP contribution in [0.25, 0.3) is 11.3 Å². The first-order valence-electron chi connectivity index (χ1n) is 9.35. The first-order valence-corrected chi connectivity index (χ1v) is 11.0. The molecule has 2 aromatic heterocycles. The van der Waals surface area contributed by atoms with Crippen LogP contribution in [0.3, 0.4) is 0 Å². The van der Waals surface area contributed by atoms with Crippen molar-refractivity contribution in [2.45, 2.75) is 45.3 Å². The Morgan fingerprint density at radius 3 is 2.83 bits per heavy atom. The van der Waals surface area contributed by atoms with E-state index in [-0.39, 0.29) is 19.0 Å². The van der Waals surface area contributed by atoms with Gasteiger partial charge < -0.3 is 15.4 Å². The van der Waals surface area contributed by atoms with E-state index in [4.69, 9.17) is 4.74 Å². The van der Waals surface area contributed by atoms with E-state index in [1.807, 2.05) is 0 Å². The number of thiazole rings is 1. The Hall–Kier alpha value is -2.46. The molecule has 1 fully saturated rings. The van der Waals surface area contributed by atoms with Gasteiger partial charge in [-0.3, -0.25) is 14.5 Å². The van der Waals surface area contributed by atoms with Crippen molar-refractivity contribution in [3.63, 3.8) is 0 Å². The fourth-order valence-corrected chi connectivity index (χ4v) is 5.19. The number of rotatable bonds is 2. The van der Waals surface area contributed by atoms with Crippen molar-refractivity contribution in [2.24, 2.45) is 0 Å². The van der Waals surface area contributed by atoms with Gasteiger partial charge in [-0.1, -0.05) is 0 Å². The summed E-state index contributed by atoms with van der Waals surface area (Å²) < 4.78 is 5.37. The SMILES string of the molecule is CC(C)(C)OC(=O)N1CC(=O)NCC1C(=O)Nc1nc2c(s1)CCc1sccc1-2. The molecule has 154 valence electrons. The van der Waals surface area contributed by atoms with Crippen LogP contribution in [0.4, 0.5) is 9.93 Å². The zero-order valence-electron chi connectivity index (χ0n) is 16.4. The summed E-state index contributed by atoms with van der Waals surface area (Å²) in [5.41, 5.74) is 1.33. The van der Waals surface area contributed by atoms with Gasteiger partial charge in [0.1, 0.15) is 18.2 Å². The molecule has 0 spiro atoms. The monoisotopic (exact) mass is 434 g/mol. The molecule has 1 unspecified atom stereocenters. The highest BCUT2D eigenvalue weighted by Gasteiger charge is 2.38. The number of anilines is 1. The van der Waals surface area contributed by atoms with Crippen LogP contribution in [-0.2, 0) is 27.2 Å². The molecule has 1 aliphatic carbocycles. The van der Waals surface area contributed by atoms with Gasteiger partial charge >= 0.3 is 6.09 Å². The Kier molecular flexibility index (Phi) is 5.07. The summed E-state index contributed by atoms with van der Waals surface area (Å²) in [6.07, 6.45) is 1.20. The number of thiophene rings is 1. The van der Waals surface area contributed by atoms with Gasteiger partial charge in [0.25, 0.3) is 5.91 Å². The summed E-state index contributed by atoms with van der Waals surface area (Å²) in [7, 11) is 0. The summed E-state index contributed by atoms with van der Waals surface area (Å²) in [5, 5.41) is 8.02. The number of fused-ring (bicyclic) bond motifs is 3. The van der Waals surface area contributed by atoms with Gasteiger partial charge in [0, 0.05) is 21.9 Å². The molecule has 1 saturated heterocycles. The second kappa shape index (κ2) is 7.42. The van der Waals surface area contributed by atoms with Gasteiger partial charge in [-0.25, -0.2) is 9.78 Å². The smallest absolute Gasteiger partial charge is 0.411 e. The lowest BCUT2D eigenvalue weighted by Crippen LogP contribution is -2.61. The maximum atomic E-state index is 12.9. The van der Waals surface area contributed by atoms with Crippen molar-refractivity contribution in [3.8, 4) is 11.3 Å². The van der Waals surface area contributed by atoms with Gasteiger partial charge in [0.2, 0.25) is 5.91 Å². The lowest BCUT2D eigenvalue weighted by molar-refractivity contribution is -0.130. The minimum Gasteiger partial charge on any atom is -0.444 e. The van der Waals surface area contributed by atoms with Gasteiger partial charge in [-0.15, -0.1) is 22.7 Å². The third-order valence-corrected chi connectivity index (χ3v) is 6.63. The maximum Gasteiger partial charge on any atom is 0.411 e. The van der Waals surface area contributed by atoms with Crippen LogP contribution in [0.15, 0.2) is 11.4 Å². The van der Waals surface area contributed by atoms with Crippen LogP contribution in [0, 0.1) is 0 Å². The zero-order chi connectivity index (χ0) is 20.8. The van der Waals surface area contributed by atoms with Gasteiger partial charge in [0.05, 0.1) is 5.69 Å². The minimum atomic E-state index is -0.861. The molecular weight excluding hydrogens is 412 g/mol. The van der Waals surface area contributed by atoms with E-state index < -0.39 is 23.6 Å². The van der Waals surface area contributed by atoms with Gasteiger partial charge in [-0.2, -0.15) is 0 Å². The first kappa shape index (κ1) is 19.8. The van der Waals surface area contributed by atoms with Crippen molar-refractivity contribution < 1.29 is 19.1 Å². The summed E-state index contributed by atoms with van der Waals surface area (Å²) in [4.78, 5) is 45.5. The van der Waals surface area contributed by atoms with Gasteiger partial charge in [-0.05, 0) is 45.1 Å². The van der Waals surface area contributed by atoms with E-state index in [1.165, 1.54) is 21.1 Å². The maximum absolute atomic E-state index is 12.9. The Bertz CT molecular complexity index is 975. The molecule has 10 heteroatoms. The fraction of sp³-hybridized carbons (Fsp3) is 0.474. The van der Waals surface area contributed by atoms with E-state index >= 15 is 0 Å². The number of piperazine rings is 1. The van der Waals surface area contributed by atoms with E-state index in [0.717, 1.165) is 29.0 Å². The summed E-state index contributed by atoms with van der Waals surface area (Å²) >= 11 is 3.18. The summed E-state index contributed by atoms with van der Waals surface area (Å²) in [5.74, 6) is -0.720. The number of nitrogens with zero attached hydrogens (tertiary/aromatic N) is 2. The summed E-state index contributed by atoms with van der Waals surface area (Å²) in [6.45, 7) is 5.03. The number of carbonyl (C=O) groups excluding carboxylic acids is 3. The normalized spacial score (nSPS) is 18.5. The highest BCUT2D eigenvalue weighted by atomic mass is 32.1. The Morgan fingerprint density at radius 1 is 1.31 bits per heavy atom. The second-order valence-corrected chi connectivity index (χ2v) is 10.0. The number of amides is 3. The third-order valence-electron chi connectivity index (χ3n) is 4.62. The molecule has 2 N–H and O–H groups in total. The van der Waals surface area contributed by atoms with Crippen LogP contribution >= 0.6 is 22.7 Å². The molecule has 0 bridgehead atoms. The quantitative estimate of drug-likeness (QED) is 0.757. The first-order chi connectivity index (χ1) is 13.7. The van der Waals surface area contributed by atoms with Crippen LogP contribution < -0.4 is 10.6 Å². The van der Waals surface area contributed by atoms with Crippen LogP contribution in [0.2, 0.25) is 0 Å². The molecule has 2 aliphatic rings. The number of hydrogen-bond donors (Lipinski definition) is 2. The minimum absolute atomic E-state index is 0.0314. The standard InChI is InChI=1S/C19H22N4O4S2/c1-19(2,3)27-18(26)23-9-14(24)20-8-11(23)16(25)22-17-21-15-10-6-7-28-12(10)4-5-13(15)29-17/h6-7,11H,4-5,8-9H2,1-3H3,(H,20,24)(H,21,22,25). The second-order valence-electron chi connectivity index (χ2n) is 7.97. The van der Waals surface area contributed by atoms with Crippen molar-refractivity contribution >= 4 is 45.7 Å². The topological polar surface area (TPSA) is 101 Å². The predicted molar refractivity (Wildman–Crippen MR) is 111 cm³/mol. The molecule has 0 aromatic carbocycles. The lowest BCUT2D eigenvalue weighted by atomic mass is 10.0. The van der Waals surface area contributed by atoms with E-state index in [9.17, 15) is 14.4 Å². The summed E-state index contributed by atoms with van der Waals surface area (Å²) in [6, 6.07) is 1.20. The molecular formula is C19H22N4O4S2. The number of aromatic nitrogens is 1. The lowest BCUT2D eigenvalue weighted by Gasteiger charge is -2.35. The molecule has 1 aliphatic heterocycles. The largest absolute Gasteiger partial charge is 0.444 e. The van der Waals surface area contributed by atoms with Crippen molar-refractivity contribution in [1.29, 1.82) is 0 Å². The molecule has 0 radical (unpaired) electrons. The molecule has 1 atom stereocenters. The van der Waals surface area contributed by atoms with E-state index in [0.29, 0.717) is 5.13 Å². The van der Waals surface area contributed by atoms with Crippen LogP contribution in [0.1, 0.15) is 30.5 Å². The van der Waals surface area contributed by atoms with Crippen molar-refractivity contribution in [1.82, 2.24) is 15.2 Å². The fourth-order valence-electron chi connectivity index (χ4n) is 3.33. The number of nitrogens with one attached hydrogen (secondary N) is 2.